The van der Waals surface area contributed by atoms with Gasteiger partial charge in [0.15, 0.2) is 6.10 Å². The van der Waals surface area contributed by atoms with E-state index in [-0.39, 0.29) is 21.7 Å². The number of nitrogens with one attached hydrogen (secondary N) is 1. The van der Waals surface area contributed by atoms with Crippen LogP contribution in [0.3, 0.4) is 0 Å². The fraction of sp³-hybridized carbons (Fsp3) is 0.517. The quantitative estimate of drug-likeness (QED) is 0.242. The van der Waals surface area contributed by atoms with Gasteiger partial charge in [-0.05, 0) is 49.6 Å². The van der Waals surface area contributed by atoms with Gasteiger partial charge in [-0.3, -0.25) is 9.69 Å². The molecule has 2 aromatic rings. The van der Waals surface area contributed by atoms with Crippen LogP contribution in [-0.2, 0) is 20.7 Å². The van der Waals surface area contributed by atoms with Crippen LogP contribution < -0.4 is 19.7 Å². The predicted molar refractivity (Wildman–Crippen MR) is 158 cm³/mol. The molecule has 12 nitrogen and oxygen atoms in total. The number of fused-ring (bicyclic) bond motifs is 1. The van der Waals surface area contributed by atoms with Crippen molar-refractivity contribution >= 4 is 46.5 Å². The lowest BCUT2D eigenvalue weighted by Crippen LogP contribution is -2.61. The molecular weight excluding hydrogens is 605 g/mol. The number of amides is 1. The number of ether oxygens (including phenoxy) is 3. The topological polar surface area (TPSA) is 161 Å². The number of carbonyl (C=O) groups is 2. The third-order valence-electron chi connectivity index (χ3n) is 7.91. The van der Waals surface area contributed by atoms with Gasteiger partial charge in [0.2, 0.25) is 12.2 Å². The Balaban J connectivity index is 1.07. The molecule has 2 saturated heterocycles. The molecule has 0 spiro atoms. The number of aliphatic hydroxyl groups excluding tert-OH is 3. The Labute approximate surface area is 258 Å². The average molecular weight is 641 g/mol. The Kier molecular flexibility index (Phi) is 10.2. The molecule has 43 heavy (non-hydrogen) atoms. The number of rotatable bonds is 10. The highest BCUT2D eigenvalue weighted by Crippen LogP contribution is 2.41. The largest absolute Gasteiger partial charge is 0.494 e. The summed E-state index contributed by atoms with van der Waals surface area (Å²) in [6.45, 7) is 4.63. The van der Waals surface area contributed by atoms with Crippen LogP contribution in [0.2, 0.25) is 10.0 Å². The van der Waals surface area contributed by atoms with Gasteiger partial charge in [0.05, 0.1) is 17.3 Å². The molecular formula is C29H35Cl2N3O9. The summed E-state index contributed by atoms with van der Waals surface area (Å²) < 4.78 is 16.7. The lowest BCUT2D eigenvalue weighted by molar-refractivity contribution is -0.271. The van der Waals surface area contributed by atoms with Crippen molar-refractivity contribution in [2.75, 3.05) is 49.5 Å². The number of carboxylic acid groups (broad SMARTS) is 1. The second-order valence-electron chi connectivity index (χ2n) is 10.8. The van der Waals surface area contributed by atoms with Gasteiger partial charge in [0.25, 0.3) is 0 Å². The fourth-order valence-electron chi connectivity index (χ4n) is 5.41. The summed E-state index contributed by atoms with van der Waals surface area (Å²) in [5, 5.41) is 42.6. The number of benzene rings is 2. The van der Waals surface area contributed by atoms with E-state index in [0.29, 0.717) is 18.7 Å². The smallest absolute Gasteiger partial charge is 0.335 e. The molecule has 2 aromatic carbocycles. The summed E-state index contributed by atoms with van der Waals surface area (Å²) in [5.41, 5.74) is 2.67. The summed E-state index contributed by atoms with van der Waals surface area (Å²) in [7, 11) is 0. The Hall–Kier alpha value is -2.84. The number of hydrogen-bond donors (Lipinski definition) is 5. The van der Waals surface area contributed by atoms with E-state index in [4.69, 9.17) is 37.4 Å². The van der Waals surface area contributed by atoms with Gasteiger partial charge in [0.1, 0.15) is 34.8 Å². The first-order valence-corrected chi connectivity index (χ1v) is 15.0. The van der Waals surface area contributed by atoms with Crippen LogP contribution in [0.1, 0.15) is 24.8 Å². The Morgan fingerprint density at radius 3 is 2.49 bits per heavy atom. The van der Waals surface area contributed by atoms with Crippen molar-refractivity contribution in [1.82, 2.24) is 4.90 Å². The van der Waals surface area contributed by atoms with E-state index in [0.717, 1.165) is 69.0 Å². The Morgan fingerprint density at radius 2 is 1.74 bits per heavy atom. The maximum absolute atomic E-state index is 11.6. The van der Waals surface area contributed by atoms with E-state index in [1.54, 1.807) is 6.07 Å². The molecule has 0 aromatic heterocycles. The number of hydrogen-bond acceptors (Lipinski definition) is 10. The van der Waals surface area contributed by atoms with E-state index in [2.05, 4.69) is 15.1 Å². The summed E-state index contributed by atoms with van der Waals surface area (Å²) in [5.74, 6) is -0.688. The van der Waals surface area contributed by atoms with Crippen molar-refractivity contribution in [3.63, 3.8) is 0 Å². The Morgan fingerprint density at radius 1 is 0.977 bits per heavy atom. The predicted octanol–water partition coefficient (Wildman–Crippen LogP) is 2.13. The monoisotopic (exact) mass is 639 g/mol. The van der Waals surface area contributed by atoms with Gasteiger partial charge in [-0.2, -0.15) is 0 Å². The highest BCUT2D eigenvalue weighted by atomic mass is 35.5. The molecule has 5 rings (SSSR count). The van der Waals surface area contributed by atoms with Gasteiger partial charge in [-0.15, -0.1) is 0 Å². The standard InChI is InChI=1S/C29H35Cl2N3O9/c30-22-19(6-7-20(23(22)31)42-29-26(38)24(36)25(37)27(43-29)28(39)40)34-12-10-33(11-13-34)9-1-2-14-41-17-5-3-16-4-8-21(35)32-18(16)15-17/h3,5-7,15,24-27,29,36-38H,1-2,4,8-14H2,(H,32,35)(H,39,40)/t24-,25+,26-,27+,29-/m0/s1. The number of anilines is 2. The lowest BCUT2D eigenvalue weighted by atomic mass is 9.99. The number of carbonyl (C=O) groups excluding carboxylic acids is 1. The molecule has 1 amide bonds. The molecule has 14 heteroatoms. The minimum absolute atomic E-state index is 0.0348. The second kappa shape index (κ2) is 13.9. The van der Waals surface area contributed by atoms with Gasteiger partial charge in [0, 0.05) is 44.4 Å². The maximum atomic E-state index is 11.6. The number of aliphatic hydroxyl groups is 3. The summed E-state index contributed by atoms with van der Waals surface area (Å²) in [6, 6.07) is 9.10. The van der Waals surface area contributed by atoms with Gasteiger partial charge >= 0.3 is 5.97 Å². The molecule has 0 unspecified atom stereocenters. The molecule has 3 heterocycles. The van der Waals surface area contributed by atoms with Gasteiger partial charge < -0.3 is 44.9 Å². The van der Waals surface area contributed by atoms with E-state index < -0.39 is 36.7 Å². The minimum Gasteiger partial charge on any atom is -0.494 e. The van der Waals surface area contributed by atoms with Crippen molar-refractivity contribution in [2.45, 2.75) is 56.4 Å². The molecule has 0 bridgehead atoms. The van der Waals surface area contributed by atoms with Crippen LogP contribution in [0.4, 0.5) is 11.4 Å². The first kappa shape index (κ1) is 31.6. The highest BCUT2D eigenvalue weighted by molar-refractivity contribution is 6.44. The van der Waals surface area contributed by atoms with E-state index in [1.807, 2.05) is 18.2 Å². The zero-order chi connectivity index (χ0) is 30.7. The van der Waals surface area contributed by atoms with Crippen molar-refractivity contribution in [3.8, 4) is 11.5 Å². The molecule has 2 fully saturated rings. The van der Waals surface area contributed by atoms with Crippen LogP contribution in [0.25, 0.3) is 0 Å². The van der Waals surface area contributed by atoms with Crippen LogP contribution in [0.15, 0.2) is 30.3 Å². The van der Waals surface area contributed by atoms with Crippen LogP contribution in [0, 0.1) is 0 Å². The number of unbranched alkanes of at least 4 members (excludes halogenated alkanes) is 1. The van der Waals surface area contributed by atoms with Crippen LogP contribution in [-0.4, -0.2) is 107 Å². The molecule has 0 saturated carbocycles. The SMILES string of the molecule is O=C1CCc2ccc(OCCCCN3CCN(c4ccc(O[C@H]5O[C@@H](C(=O)O)[C@H](O)[C@H](O)[C@@H]5O)c(Cl)c4Cl)CC3)cc2N1. The number of halogens is 2. The minimum atomic E-state index is -1.83. The molecule has 234 valence electrons. The van der Waals surface area contributed by atoms with Gasteiger partial charge in [-0.25, -0.2) is 4.79 Å². The number of aliphatic carboxylic acids is 1. The van der Waals surface area contributed by atoms with E-state index in [9.17, 15) is 30.0 Å². The van der Waals surface area contributed by atoms with Crippen molar-refractivity contribution in [1.29, 1.82) is 0 Å². The second-order valence-corrected chi connectivity index (χ2v) is 11.6. The van der Waals surface area contributed by atoms with Crippen molar-refractivity contribution < 1.29 is 44.2 Å². The first-order valence-electron chi connectivity index (χ1n) is 14.2. The summed E-state index contributed by atoms with van der Waals surface area (Å²) in [4.78, 5) is 27.5. The van der Waals surface area contributed by atoms with Crippen LogP contribution in [0.5, 0.6) is 11.5 Å². The zero-order valence-electron chi connectivity index (χ0n) is 23.3. The average Bonchev–Trinajstić information content (AvgIpc) is 2.99. The van der Waals surface area contributed by atoms with Crippen molar-refractivity contribution in [3.05, 3.63) is 45.9 Å². The van der Waals surface area contributed by atoms with Gasteiger partial charge in [-0.1, -0.05) is 29.3 Å². The summed E-state index contributed by atoms with van der Waals surface area (Å²) >= 11 is 13.1. The van der Waals surface area contributed by atoms with Crippen LogP contribution >= 0.6 is 23.2 Å². The third kappa shape index (κ3) is 7.28. The normalized spacial score (nSPS) is 26.0. The number of nitrogens with zero attached hydrogens (tertiary/aromatic N) is 2. The molecule has 3 aliphatic rings. The number of aryl methyl sites for hydroxylation is 1. The molecule has 5 atom stereocenters. The molecule has 0 radical (unpaired) electrons. The van der Waals surface area contributed by atoms with E-state index >= 15 is 0 Å². The highest BCUT2D eigenvalue weighted by Gasteiger charge is 2.48. The maximum Gasteiger partial charge on any atom is 0.335 e. The summed E-state index contributed by atoms with van der Waals surface area (Å²) in [6.07, 6.45) is -5.57. The zero-order valence-corrected chi connectivity index (χ0v) is 24.8. The van der Waals surface area contributed by atoms with E-state index in [1.165, 1.54) is 6.07 Å². The number of piperazine rings is 1. The Bertz CT molecular complexity index is 1320. The lowest BCUT2D eigenvalue weighted by Gasteiger charge is -2.39. The molecule has 0 aliphatic carbocycles. The number of carboxylic acids is 1. The third-order valence-corrected chi connectivity index (χ3v) is 8.76. The fourth-order valence-corrected chi connectivity index (χ4v) is 5.89. The molecule has 5 N–H and O–H groups in total. The molecule has 3 aliphatic heterocycles. The first-order chi connectivity index (χ1) is 20.6. The van der Waals surface area contributed by atoms with Crippen molar-refractivity contribution in [2.24, 2.45) is 0 Å².